The number of anilines is 1. The molecule has 2 aliphatic rings. The standard InChI is InChI=1S/C18H22N2O3S/c1-12(21)23-11-15-16-9-5-8-14(10-17(15)22)20(16)18(24)19-13-6-3-2-4-7-13/h2-4,6-7,14-16H,5,8-11H2,1H3,(H,19,24). The molecule has 0 spiro atoms. The van der Waals surface area contributed by atoms with E-state index in [1.54, 1.807) is 0 Å². The van der Waals surface area contributed by atoms with Crippen LogP contribution in [0.1, 0.15) is 32.6 Å². The monoisotopic (exact) mass is 346 g/mol. The molecule has 0 aliphatic carbocycles. The number of nitrogens with zero attached hydrogens (tertiary/aromatic N) is 1. The summed E-state index contributed by atoms with van der Waals surface area (Å²) in [5, 5.41) is 3.93. The van der Waals surface area contributed by atoms with Gasteiger partial charge in [-0.3, -0.25) is 9.59 Å². The minimum absolute atomic E-state index is 0.00747. The lowest BCUT2D eigenvalue weighted by Gasteiger charge is -2.50. The van der Waals surface area contributed by atoms with E-state index in [1.807, 2.05) is 30.3 Å². The Labute approximate surface area is 147 Å². The van der Waals surface area contributed by atoms with Crippen molar-refractivity contribution in [3.05, 3.63) is 30.3 Å². The Kier molecular flexibility index (Phi) is 5.14. The molecule has 1 aromatic rings. The summed E-state index contributed by atoms with van der Waals surface area (Å²) in [6, 6.07) is 9.95. The van der Waals surface area contributed by atoms with Crippen molar-refractivity contribution in [3.63, 3.8) is 0 Å². The van der Waals surface area contributed by atoms with E-state index in [4.69, 9.17) is 17.0 Å². The van der Waals surface area contributed by atoms with Gasteiger partial charge < -0.3 is 15.0 Å². The van der Waals surface area contributed by atoms with Gasteiger partial charge in [0.1, 0.15) is 12.4 Å². The quantitative estimate of drug-likeness (QED) is 0.671. The normalized spacial score (nSPS) is 26.0. The first-order chi connectivity index (χ1) is 11.6. The fraction of sp³-hybridized carbons (Fsp3) is 0.500. The number of Topliss-reactive ketones (excluding diaryl/α,β-unsaturated/α-hetero) is 1. The van der Waals surface area contributed by atoms with E-state index in [1.165, 1.54) is 6.92 Å². The number of ketones is 1. The highest BCUT2D eigenvalue weighted by atomic mass is 32.1. The second-order valence-electron chi connectivity index (χ2n) is 6.44. The van der Waals surface area contributed by atoms with Gasteiger partial charge in [0.15, 0.2) is 5.11 Å². The molecule has 5 nitrogen and oxygen atoms in total. The predicted molar refractivity (Wildman–Crippen MR) is 95.7 cm³/mol. The molecule has 24 heavy (non-hydrogen) atoms. The summed E-state index contributed by atoms with van der Waals surface area (Å²) in [5.41, 5.74) is 0.939. The van der Waals surface area contributed by atoms with E-state index in [0.29, 0.717) is 11.5 Å². The average molecular weight is 346 g/mol. The number of ether oxygens (including phenoxy) is 1. The molecule has 2 saturated heterocycles. The summed E-state index contributed by atoms with van der Waals surface area (Å²) in [7, 11) is 0. The second kappa shape index (κ2) is 7.30. The highest BCUT2D eigenvalue weighted by Crippen LogP contribution is 2.36. The highest BCUT2D eigenvalue weighted by molar-refractivity contribution is 7.80. The Hall–Kier alpha value is -1.95. The number of carbonyl (C=O) groups excluding carboxylic acids is 2. The zero-order valence-corrected chi connectivity index (χ0v) is 14.6. The topological polar surface area (TPSA) is 58.6 Å². The van der Waals surface area contributed by atoms with Gasteiger partial charge >= 0.3 is 5.97 Å². The molecule has 1 aromatic carbocycles. The predicted octanol–water partition coefficient (Wildman–Crippen LogP) is 2.76. The number of nitrogens with one attached hydrogen (secondary N) is 1. The van der Waals surface area contributed by atoms with Crippen molar-refractivity contribution in [2.24, 2.45) is 5.92 Å². The number of fused-ring (bicyclic) bond motifs is 2. The second-order valence-corrected chi connectivity index (χ2v) is 6.82. The molecule has 2 fully saturated rings. The van der Waals surface area contributed by atoms with Gasteiger partial charge in [-0.05, 0) is 43.6 Å². The number of carbonyl (C=O) groups is 2. The van der Waals surface area contributed by atoms with Crippen LogP contribution in [-0.2, 0) is 14.3 Å². The zero-order valence-electron chi connectivity index (χ0n) is 13.7. The summed E-state index contributed by atoms with van der Waals surface area (Å²) in [5.74, 6) is -0.456. The SMILES string of the molecule is CC(=O)OCC1C(=O)CC2CCCC1N2C(=S)Nc1ccccc1. The summed E-state index contributed by atoms with van der Waals surface area (Å²) < 4.78 is 5.14. The van der Waals surface area contributed by atoms with Gasteiger partial charge in [-0.2, -0.15) is 0 Å². The summed E-state index contributed by atoms with van der Waals surface area (Å²) in [6.07, 6.45) is 3.41. The van der Waals surface area contributed by atoms with Crippen molar-refractivity contribution in [3.8, 4) is 0 Å². The highest BCUT2D eigenvalue weighted by Gasteiger charge is 2.45. The van der Waals surface area contributed by atoms with Gasteiger partial charge in [-0.15, -0.1) is 0 Å². The van der Waals surface area contributed by atoms with Gasteiger partial charge in [0.05, 0.1) is 5.92 Å². The molecule has 6 heteroatoms. The van der Waals surface area contributed by atoms with Crippen LogP contribution in [0.2, 0.25) is 0 Å². The first-order valence-electron chi connectivity index (χ1n) is 8.36. The van der Waals surface area contributed by atoms with Crippen molar-refractivity contribution in [1.29, 1.82) is 0 Å². The third-order valence-electron chi connectivity index (χ3n) is 4.83. The summed E-state index contributed by atoms with van der Waals surface area (Å²) in [6.45, 7) is 1.52. The maximum Gasteiger partial charge on any atom is 0.302 e. The van der Waals surface area contributed by atoms with E-state index in [-0.39, 0.29) is 36.4 Å². The van der Waals surface area contributed by atoms with Crippen LogP contribution in [0.15, 0.2) is 30.3 Å². The smallest absolute Gasteiger partial charge is 0.302 e. The van der Waals surface area contributed by atoms with Gasteiger partial charge in [0.25, 0.3) is 0 Å². The first-order valence-corrected chi connectivity index (χ1v) is 8.77. The number of piperidine rings is 2. The van der Waals surface area contributed by atoms with E-state index in [0.717, 1.165) is 24.9 Å². The molecule has 0 aromatic heterocycles. The van der Waals surface area contributed by atoms with Crippen molar-refractivity contribution in [2.45, 2.75) is 44.7 Å². The fourth-order valence-electron chi connectivity index (χ4n) is 3.74. The minimum Gasteiger partial charge on any atom is -0.465 e. The van der Waals surface area contributed by atoms with Crippen LogP contribution in [-0.4, -0.2) is 40.5 Å². The lowest BCUT2D eigenvalue weighted by atomic mass is 9.77. The molecule has 0 saturated carbocycles. The van der Waals surface area contributed by atoms with Crippen molar-refractivity contribution < 1.29 is 14.3 Å². The van der Waals surface area contributed by atoms with Gasteiger partial charge in [0, 0.05) is 31.1 Å². The maximum atomic E-state index is 12.5. The van der Waals surface area contributed by atoms with Crippen molar-refractivity contribution in [1.82, 2.24) is 4.90 Å². The number of esters is 1. The maximum absolute atomic E-state index is 12.5. The molecule has 0 radical (unpaired) electrons. The summed E-state index contributed by atoms with van der Waals surface area (Å²) in [4.78, 5) is 25.8. The Balaban J connectivity index is 1.76. The zero-order chi connectivity index (χ0) is 17.1. The third-order valence-corrected chi connectivity index (χ3v) is 5.14. The Morgan fingerprint density at radius 2 is 2.08 bits per heavy atom. The van der Waals surface area contributed by atoms with E-state index in [2.05, 4.69) is 10.2 Å². The number of thiocarbonyl (C=S) groups is 1. The average Bonchev–Trinajstić information content (AvgIpc) is 2.54. The third kappa shape index (κ3) is 3.59. The van der Waals surface area contributed by atoms with Crippen molar-refractivity contribution >= 4 is 34.8 Å². The van der Waals surface area contributed by atoms with Gasteiger partial charge in [0.2, 0.25) is 0 Å². The van der Waals surface area contributed by atoms with Crippen LogP contribution in [0.3, 0.4) is 0 Å². The Morgan fingerprint density at radius 3 is 2.79 bits per heavy atom. The largest absolute Gasteiger partial charge is 0.465 e. The van der Waals surface area contributed by atoms with Crippen LogP contribution in [0.4, 0.5) is 5.69 Å². The van der Waals surface area contributed by atoms with Gasteiger partial charge in [-0.25, -0.2) is 0 Å². The van der Waals surface area contributed by atoms with E-state index in [9.17, 15) is 9.59 Å². The molecular formula is C18H22N2O3S. The summed E-state index contributed by atoms with van der Waals surface area (Å²) >= 11 is 5.63. The Bertz CT molecular complexity index is 634. The molecule has 128 valence electrons. The lowest BCUT2D eigenvalue weighted by Crippen LogP contribution is -2.61. The number of benzene rings is 1. The molecule has 2 aliphatic heterocycles. The molecule has 1 N–H and O–H groups in total. The molecule has 0 amide bonds. The first kappa shape index (κ1) is 16.9. The molecule has 3 unspecified atom stereocenters. The number of hydrogen-bond donors (Lipinski definition) is 1. The lowest BCUT2D eigenvalue weighted by molar-refractivity contribution is -0.147. The molecule has 3 rings (SSSR count). The number of hydrogen-bond acceptors (Lipinski definition) is 4. The van der Waals surface area contributed by atoms with Crippen LogP contribution in [0, 0.1) is 5.92 Å². The van der Waals surface area contributed by atoms with E-state index < -0.39 is 0 Å². The molecule has 2 heterocycles. The number of para-hydroxylation sites is 1. The van der Waals surface area contributed by atoms with E-state index >= 15 is 0 Å². The molecule has 3 atom stereocenters. The van der Waals surface area contributed by atoms with Crippen molar-refractivity contribution in [2.75, 3.05) is 11.9 Å². The fourth-order valence-corrected chi connectivity index (χ4v) is 4.14. The Morgan fingerprint density at radius 1 is 1.33 bits per heavy atom. The molecular weight excluding hydrogens is 324 g/mol. The van der Waals surface area contributed by atoms with Crippen LogP contribution < -0.4 is 5.32 Å². The van der Waals surface area contributed by atoms with Crippen LogP contribution in [0.5, 0.6) is 0 Å². The van der Waals surface area contributed by atoms with Crippen LogP contribution in [0.25, 0.3) is 0 Å². The molecule has 2 bridgehead atoms. The number of rotatable bonds is 3. The van der Waals surface area contributed by atoms with Crippen LogP contribution >= 0.6 is 12.2 Å². The minimum atomic E-state index is -0.350. The van der Waals surface area contributed by atoms with Gasteiger partial charge in [-0.1, -0.05) is 18.2 Å².